The van der Waals surface area contributed by atoms with E-state index in [9.17, 15) is 9.70 Å². The van der Waals surface area contributed by atoms with Crippen LogP contribution in [-0.4, -0.2) is 48.9 Å². The molecule has 2 rings (SSSR count). The number of nitrogens with zero attached hydrogens (tertiary/aromatic N) is 1. The highest BCUT2D eigenvalue weighted by Crippen LogP contribution is 2.40. The summed E-state index contributed by atoms with van der Waals surface area (Å²) in [4.78, 5) is 24.3. The first-order valence-electron chi connectivity index (χ1n) is 12.3. The Hall–Kier alpha value is -0.985. The zero-order chi connectivity index (χ0) is 23.1. The van der Waals surface area contributed by atoms with Gasteiger partial charge < -0.3 is 19.9 Å². The maximum Gasteiger partial charge on any atom is 0.457 e. The molecule has 2 heterocycles. The van der Waals surface area contributed by atoms with Crippen molar-refractivity contribution in [2.45, 2.75) is 122 Å². The number of piperidine rings is 1. The van der Waals surface area contributed by atoms with Gasteiger partial charge in [0.05, 0.1) is 16.7 Å². The third kappa shape index (κ3) is 6.51. The number of amides is 1. The predicted octanol–water partition coefficient (Wildman–Crippen LogP) is 4.45. The lowest BCUT2D eigenvalue weighted by molar-refractivity contribution is -0.122. The summed E-state index contributed by atoms with van der Waals surface area (Å²) in [5.74, 6) is 0.184. The summed E-state index contributed by atoms with van der Waals surface area (Å²) in [7, 11) is -0.209. The van der Waals surface area contributed by atoms with Crippen molar-refractivity contribution in [3.8, 4) is 0 Å². The van der Waals surface area contributed by atoms with E-state index >= 15 is 0 Å². The van der Waals surface area contributed by atoms with Crippen LogP contribution in [0.25, 0.3) is 0 Å². The maximum absolute atomic E-state index is 12.3. The van der Waals surface area contributed by atoms with E-state index in [0.717, 1.165) is 70.8 Å². The fraction of sp³-hybridized carbons (Fsp3) is 0.957. The first-order valence-corrected chi connectivity index (χ1v) is 12.3. The number of nitroso groups, excluding NO2 is 1. The normalized spacial score (nSPS) is 23.9. The van der Waals surface area contributed by atoms with Crippen molar-refractivity contribution in [3.63, 3.8) is 0 Å². The molecule has 0 aromatic rings. The van der Waals surface area contributed by atoms with Crippen molar-refractivity contribution in [2.75, 3.05) is 13.1 Å². The van der Waals surface area contributed by atoms with E-state index in [4.69, 9.17) is 9.31 Å². The van der Waals surface area contributed by atoms with Gasteiger partial charge in [-0.3, -0.25) is 4.79 Å². The largest absolute Gasteiger partial charge is 0.457 e. The van der Waals surface area contributed by atoms with Crippen LogP contribution in [-0.2, 0) is 14.1 Å². The molecule has 2 atom stereocenters. The van der Waals surface area contributed by atoms with Gasteiger partial charge in [0.25, 0.3) is 0 Å². The molecule has 0 radical (unpaired) electrons. The van der Waals surface area contributed by atoms with E-state index in [1.54, 1.807) is 6.92 Å². The van der Waals surface area contributed by atoms with Gasteiger partial charge in [0.1, 0.15) is 6.04 Å². The minimum atomic E-state index is -0.569. The molecule has 2 unspecified atom stereocenters. The zero-order valence-corrected chi connectivity index (χ0v) is 20.6. The van der Waals surface area contributed by atoms with E-state index in [1.807, 2.05) is 0 Å². The molecule has 2 N–H and O–H groups in total. The molecule has 0 aromatic heterocycles. The van der Waals surface area contributed by atoms with Crippen LogP contribution in [0.3, 0.4) is 0 Å². The van der Waals surface area contributed by atoms with Crippen molar-refractivity contribution in [1.29, 1.82) is 0 Å². The summed E-state index contributed by atoms with van der Waals surface area (Å²) < 4.78 is 12.3. The maximum atomic E-state index is 12.3. The Labute approximate surface area is 189 Å². The molecule has 8 heteroatoms. The molecule has 2 aliphatic heterocycles. The second-order valence-electron chi connectivity index (χ2n) is 10.4. The van der Waals surface area contributed by atoms with E-state index in [2.05, 4.69) is 50.4 Å². The lowest BCUT2D eigenvalue weighted by atomic mass is 9.68. The van der Waals surface area contributed by atoms with E-state index in [1.165, 1.54) is 0 Å². The Balaban J connectivity index is 2.09. The van der Waals surface area contributed by atoms with Gasteiger partial charge in [-0.25, -0.2) is 0 Å². The topological polar surface area (TPSA) is 89.0 Å². The molecule has 2 fully saturated rings. The molecule has 31 heavy (non-hydrogen) atoms. The van der Waals surface area contributed by atoms with Crippen LogP contribution in [0.15, 0.2) is 5.18 Å². The lowest BCUT2D eigenvalue weighted by Crippen LogP contribution is -2.62. The number of carbonyl (C=O) groups is 1. The third-order valence-corrected chi connectivity index (χ3v) is 7.61. The third-order valence-electron chi connectivity index (χ3n) is 7.61. The second-order valence-corrected chi connectivity index (χ2v) is 10.4. The Morgan fingerprint density at radius 2 is 1.77 bits per heavy atom. The van der Waals surface area contributed by atoms with Crippen molar-refractivity contribution in [1.82, 2.24) is 10.6 Å². The van der Waals surface area contributed by atoms with Crippen LogP contribution in [0.4, 0.5) is 0 Å². The summed E-state index contributed by atoms with van der Waals surface area (Å²) in [5, 5.41) is 10.2. The van der Waals surface area contributed by atoms with E-state index in [-0.39, 0.29) is 30.1 Å². The quantitative estimate of drug-likeness (QED) is 0.268. The Morgan fingerprint density at radius 1 is 1.16 bits per heavy atom. The number of hydrogen-bond donors (Lipinski definition) is 2. The second kappa shape index (κ2) is 11.2. The number of unbranched alkanes of at least 4 members (excludes halogenated alkanes) is 2. The fourth-order valence-electron chi connectivity index (χ4n) is 5.17. The molecule has 0 bridgehead atoms. The Morgan fingerprint density at radius 3 is 2.29 bits per heavy atom. The summed E-state index contributed by atoms with van der Waals surface area (Å²) in [6.45, 7) is 13.8. The predicted molar refractivity (Wildman–Crippen MR) is 126 cm³/mol. The first-order chi connectivity index (χ1) is 14.6. The average molecular weight is 437 g/mol. The molecule has 2 aliphatic rings. The highest BCUT2D eigenvalue weighted by molar-refractivity contribution is 6.45. The molecule has 2 saturated heterocycles. The van der Waals surface area contributed by atoms with Crippen LogP contribution in [0.1, 0.15) is 92.9 Å². The summed E-state index contributed by atoms with van der Waals surface area (Å²) in [5.41, 5.74) is -1.21. The van der Waals surface area contributed by atoms with Crippen molar-refractivity contribution in [2.24, 2.45) is 11.1 Å². The minimum absolute atomic E-state index is 0.0744. The average Bonchev–Trinajstić information content (AvgIpc) is 2.92. The molecule has 178 valence electrons. The number of nitrogens with one attached hydrogen (secondary N) is 2. The molecular weight excluding hydrogens is 393 g/mol. The highest BCUT2D eigenvalue weighted by Gasteiger charge is 2.51. The molecule has 0 aliphatic carbocycles. The standard InChI is InChI=1S/C23H44BN3O4/c1-7-8-11-20(27-29)23(26-18(2)28,19-12-16-25-17-13-19)14-9-10-15-24-30-21(3,4)22(5,6)31-24/h19-20,25H,7-17H2,1-6H3,(H,26,28). The van der Waals surface area contributed by atoms with E-state index in [0.29, 0.717) is 0 Å². The van der Waals surface area contributed by atoms with Crippen LogP contribution >= 0.6 is 0 Å². The monoisotopic (exact) mass is 437 g/mol. The first kappa shape index (κ1) is 26.3. The SMILES string of the molecule is CCCCC(N=O)C(CCCCB1OC(C)(C)C(C)(C)O1)(NC(C)=O)C1CCNCC1. The fourth-order valence-corrected chi connectivity index (χ4v) is 5.17. The Kier molecular flexibility index (Phi) is 9.52. The molecule has 0 aromatic carbocycles. The van der Waals surface area contributed by atoms with Crippen LogP contribution < -0.4 is 10.6 Å². The van der Waals surface area contributed by atoms with Gasteiger partial charge in [-0.2, -0.15) is 4.91 Å². The summed E-state index contributed by atoms with van der Waals surface area (Å²) >= 11 is 0. The molecule has 0 spiro atoms. The smallest absolute Gasteiger partial charge is 0.403 e. The Bertz CT molecular complexity index is 579. The van der Waals surface area contributed by atoms with Crippen molar-refractivity contribution >= 4 is 13.0 Å². The van der Waals surface area contributed by atoms with Crippen molar-refractivity contribution in [3.05, 3.63) is 4.91 Å². The lowest BCUT2D eigenvalue weighted by Gasteiger charge is -2.46. The summed E-state index contributed by atoms with van der Waals surface area (Å²) in [6.07, 6.45) is 7.97. The number of rotatable bonds is 12. The van der Waals surface area contributed by atoms with Gasteiger partial charge in [-0.15, -0.1) is 0 Å². The van der Waals surface area contributed by atoms with Crippen LogP contribution in [0.2, 0.25) is 6.32 Å². The van der Waals surface area contributed by atoms with Gasteiger partial charge in [0.2, 0.25) is 5.91 Å². The van der Waals surface area contributed by atoms with Gasteiger partial charge in [-0.05, 0) is 78.7 Å². The summed E-state index contributed by atoms with van der Waals surface area (Å²) in [6, 6.07) is -0.392. The van der Waals surface area contributed by atoms with Gasteiger partial charge in [0.15, 0.2) is 0 Å². The molecule has 0 saturated carbocycles. The minimum Gasteiger partial charge on any atom is -0.403 e. The zero-order valence-electron chi connectivity index (χ0n) is 20.6. The van der Waals surface area contributed by atoms with Gasteiger partial charge >= 0.3 is 7.12 Å². The van der Waals surface area contributed by atoms with E-state index < -0.39 is 11.6 Å². The number of hydrogen-bond acceptors (Lipinski definition) is 6. The van der Waals surface area contributed by atoms with Crippen LogP contribution in [0.5, 0.6) is 0 Å². The van der Waals surface area contributed by atoms with Gasteiger partial charge in [-0.1, -0.05) is 37.8 Å². The van der Waals surface area contributed by atoms with Crippen molar-refractivity contribution < 1.29 is 14.1 Å². The number of carbonyl (C=O) groups excluding carboxylic acids is 1. The van der Waals surface area contributed by atoms with Gasteiger partial charge in [0, 0.05) is 6.92 Å². The van der Waals surface area contributed by atoms with Crippen LogP contribution in [0, 0.1) is 10.8 Å². The molecule has 1 amide bonds. The molecule has 7 nitrogen and oxygen atoms in total. The molecular formula is C23H44BN3O4. The highest BCUT2D eigenvalue weighted by atomic mass is 16.7.